The van der Waals surface area contributed by atoms with E-state index in [1.807, 2.05) is 26.0 Å². The Balaban J connectivity index is 1.82. The summed E-state index contributed by atoms with van der Waals surface area (Å²) in [5, 5.41) is 5.46. The molecule has 2 aromatic rings. The van der Waals surface area contributed by atoms with E-state index in [2.05, 4.69) is 5.10 Å². The lowest BCUT2D eigenvalue weighted by Crippen LogP contribution is -2.49. The van der Waals surface area contributed by atoms with Gasteiger partial charge in [0, 0.05) is 18.5 Å². The van der Waals surface area contributed by atoms with Crippen LogP contribution in [0.2, 0.25) is 0 Å². The quantitative estimate of drug-likeness (QED) is 0.831. The molecule has 0 bridgehead atoms. The van der Waals surface area contributed by atoms with E-state index in [1.165, 1.54) is 4.68 Å². The summed E-state index contributed by atoms with van der Waals surface area (Å²) >= 11 is 0. The van der Waals surface area contributed by atoms with Crippen LogP contribution < -0.4 is 5.56 Å². The van der Waals surface area contributed by atoms with Gasteiger partial charge in [0.15, 0.2) is 0 Å². The van der Waals surface area contributed by atoms with Crippen molar-refractivity contribution in [1.29, 1.82) is 0 Å². The van der Waals surface area contributed by atoms with Gasteiger partial charge in [-0.3, -0.25) is 9.59 Å². The normalized spacial score (nSPS) is 22.0. The molecule has 116 valence electrons. The maximum absolute atomic E-state index is 12.4. The first-order valence-electron chi connectivity index (χ1n) is 7.42. The van der Waals surface area contributed by atoms with E-state index in [0.717, 1.165) is 5.39 Å². The molecule has 1 amide bonds. The summed E-state index contributed by atoms with van der Waals surface area (Å²) in [4.78, 5) is 26.5. The highest BCUT2D eigenvalue weighted by Crippen LogP contribution is 2.11. The molecule has 1 aromatic heterocycles. The fourth-order valence-electron chi connectivity index (χ4n) is 2.85. The van der Waals surface area contributed by atoms with Gasteiger partial charge in [0.05, 0.1) is 23.8 Å². The van der Waals surface area contributed by atoms with Gasteiger partial charge in [0.2, 0.25) is 5.91 Å². The average Bonchev–Trinajstić information content (AvgIpc) is 2.49. The van der Waals surface area contributed by atoms with Gasteiger partial charge in [-0.1, -0.05) is 18.2 Å². The van der Waals surface area contributed by atoms with Gasteiger partial charge in [-0.05, 0) is 19.9 Å². The van der Waals surface area contributed by atoms with Crippen LogP contribution in [0.25, 0.3) is 10.8 Å². The number of carbonyl (C=O) groups is 1. The van der Waals surface area contributed by atoms with E-state index in [4.69, 9.17) is 4.74 Å². The fourth-order valence-corrected chi connectivity index (χ4v) is 2.85. The molecular weight excluding hydrogens is 282 g/mol. The number of carbonyl (C=O) groups excluding carboxylic acids is 1. The van der Waals surface area contributed by atoms with E-state index in [1.54, 1.807) is 23.2 Å². The number of ether oxygens (including phenoxy) is 1. The molecule has 6 nitrogen and oxygen atoms in total. The van der Waals surface area contributed by atoms with Gasteiger partial charge in [0.25, 0.3) is 5.56 Å². The Labute approximate surface area is 128 Å². The highest BCUT2D eigenvalue weighted by molar-refractivity contribution is 5.81. The second-order valence-corrected chi connectivity index (χ2v) is 5.75. The lowest BCUT2D eigenvalue weighted by Gasteiger charge is -2.35. The van der Waals surface area contributed by atoms with Crippen molar-refractivity contribution in [2.24, 2.45) is 0 Å². The van der Waals surface area contributed by atoms with Crippen LogP contribution in [0.3, 0.4) is 0 Å². The van der Waals surface area contributed by atoms with Gasteiger partial charge in [0.1, 0.15) is 6.54 Å². The third kappa shape index (κ3) is 2.87. The number of hydrogen-bond donors (Lipinski definition) is 0. The minimum Gasteiger partial charge on any atom is -0.372 e. The molecule has 0 spiro atoms. The minimum absolute atomic E-state index is 0.00832. The van der Waals surface area contributed by atoms with Crippen molar-refractivity contribution in [2.45, 2.75) is 32.6 Å². The summed E-state index contributed by atoms with van der Waals surface area (Å²) in [5.41, 5.74) is -0.235. The van der Waals surface area contributed by atoms with Crippen LogP contribution in [0.4, 0.5) is 0 Å². The van der Waals surface area contributed by atoms with Crippen LogP contribution in [0.15, 0.2) is 35.3 Å². The molecule has 1 saturated heterocycles. The van der Waals surface area contributed by atoms with Crippen LogP contribution in [-0.2, 0) is 16.1 Å². The molecule has 3 rings (SSSR count). The smallest absolute Gasteiger partial charge is 0.275 e. The predicted molar refractivity (Wildman–Crippen MR) is 82.6 cm³/mol. The van der Waals surface area contributed by atoms with Gasteiger partial charge in [-0.25, -0.2) is 4.68 Å². The fraction of sp³-hybridized carbons (Fsp3) is 0.438. The predicted octanol–water partition coefficient (Wildman–Crippen LogP) is 1.03. The summed E-state index contributed by atoms with van der Waals surface area (Å²) in [5.74, 6) is -0.105. The summed E-state index contributed by atoms with van der Waals surface area (Å²) in [7, 11) is 0. The second kappa shape index (κ2) is 5.88. The molecule has 0 saturated carbocycles. The zero-order valence-electron chi connectivity index (χ0n) is 12.7. The molecule has 2 heterocycles. The molecule has 0 N–H and O–H groups in total. The van der Waals surface area contributed by atoms with Gasteiger partial charge in [-0.15, -0.1) is 0 Å². The van der Waals surface area contributed by atoms with Gasteiger partial charge >= 0.3 is 0 Å². The van der Waals surface area contributed by atoms with E-state index >= 15 is 0 Å². The third-order valence-corrected chi connectivity index (χ3v) is 3.82. The standard InChI is InChI=1S/C16H19N3O3/c1-11-8-18(9-12(2)22-11)15(20)10-19-16(21)14-6-4-3-5-13(14)7-17-19/h3-7,11-12H,8-10H2,1-2H3/t11-,12-/m1/s1. The number of hydrogen-bond acceptors (Lipinski definition) is 4. The Morgan fingerprint density at radius 2 is 1.95 bits per heavy atom. The Hall–Kier alpha value is -2.21. The van der Waals surface area contributed by atoms with Crippen LogP contribution in [0.5, 0.6) is 0 Å². The number of aromatic nitrogens is 2. The molecule has 22 heavy (non-hydrogen) atoms. The van der Waals surface area contributed by atoms with Crippen molar-refractivity contribution in [3.8, 4) is 0 Å². The molecule has 0 unspecified atom stereocenters. The molecule has 0 aliphatic carbocycles. The van der Waals surface area contributed by atoms with Crippen molar-refractivity contribution in [2.75, 3.05) is 13.1 Å². The highest BCUT2D eigenvalue weighted by atomic mass is 16.5. The zero-order chi connectivity index (χ0) is 15.7. The van der Waals surface area contributed by atoms with Crippen LogP contribution in [0, 0.1) is 0 Å². The largest absolute Gasteiger partial charge is 0.372 e. The number of nitrogens with zero attached hydrogens (tertiary/aromatic N) is 3. The molecular formula is C16H19N3O3. The van der Waals surface area contributed by atoms with Gasteiger partial charge < -0.3 is 9.64 Å². The molecule has 1 fully saturated rings. The van der Waals surface area contributed by atoms with Crippen molar-refractivity contribution >= 4 is 16.7 Å². The van der Waals surface area contributed by atoms with Crippen molar-refractivity contribution < 1.29 is 9.53 Å². The monoisotopic (exact) mass is 301 g/mol. The lowest BCUT2D eigenvalue weighted by molar-refractivity contribution is -0.144. The van der Waals surface area contributed by atoms with Crippen LogP contribution in [0.1, 0.15) is 13.8 Å². The van der Waals surface area contributed by atoms with E-state index < -0.39 is 0 Å². The maximum atomic E-state index is 12.4. The summed E-state index contributed by atoms with van der Waals surface area (Å²) in [6.07, 6.45) is 1.64. The number of rotatable bonds is 2. The first-order chi connectivity index (χ1) is 10.5. The number of benzene rings is 1. The Kier molecular flexibility index (Phi) is 3.94. The van der Waals surface area contributed by atoms with E-state index in [9.17, 15) is 9.59 Å². The summed E-state index contributed by atoms with van der Waals surface area (Å²) in [6, 6.07) is 7.25. The van der Waals surface area contributed by atoms with Crippen LogP contribution in [-0.4, -0.2) is 45.9 Å². The molecule has 1 aliphatic rings. The summed E-state index contributed by atoms with van der Waals surface area (Å²) < 4.78 is 6.85. The Bertz CT molecular complexity index is 746. The molecule has 1 aliphatic heterocycles. The topological polar surface area (TPSA) is 64.4 Å². The van der Waals surface area contributed by atoms with Crippen molar-refractivity contribution in [3.05, 3.63) is 40.8 Å². The molecule has 2 atom stereocenters. The first-order valence-corrected chi connectivity index (χ1v) is 7.42. The molecule has 6 heteroatoms. The average molecular weight is 301 g/mol. The maximum Gasteiger partial charge on any atom is 0.275 e. The highest BCUT2D eigenvalue weighted by Gasteiger charge is 2.26. The van der Waals surface area contributed by atoms with Crippen molar-refractivity contribution in [3.63, 3.8) is 0 Å². The summed E-state index contributed by atoms with van der Waals surface area (Å²) in [6.45, 7) is 4.94. The first kappa shape index (κ1) is 14.7. The second-order valence-electron chi connectivity index (χ2n) is 5.75. The van der Waals surface area contributed by atoms with E-state index in [0.29, 0.717) is 18.5 Å². The Morgan fingerprint density at radius 1 is 1.27 bits per heavy atom. The SMILES string of the molecule is C[C@@H]1CN(C(=O)Cn2ncc3ccccc3c2=O)C[C@@H](C)O1. The van der Waals surface area contributed by atoms with E-state index in [-0.39, 0.29) is 30.2 Å². The number of morpholine rings is 1. The van der Waals surface area contributed by atoms with Crippen molar-refractivity contribution in [1.82, 2.24) is 14.7 Å². The number of fused-ring (bicyclic) bond motifs is 1. The lowest BCUT2D eigenvalue weighted by atomic mass is 10.2. The Morgan fingerprint density at radius 3 is 2.68 bits per heavy atom. The molecule has 1 aromatic carbocycles. The third-order valence-electron chi connectivity index (χ3n) is 3.82. The zero-order valence-corrected chi connectivity index (χ0v) is 12.7. The van der Waals surface area contributed by atoms with Gasteiger partial charge in [-0.2, -0.15) is 5.10 Å². The minimum atomic E-state index is -0.235. The molecule has 0 radical (unpaired) electrons. The van der Waals surface area contributed by atoms with Crippen LogP contribution >= 0.6 is 0 Å². The number of amides is 1.